The van der Waals surface area contributed by atoms with E-state index in [9.17, 15) is 4.79 Å². The Kier molecular flexibility index (Phi) is 9.52. The van der Waals surface area contributed by atoms with E-state index in [1.54, 1.807) is 6.92 Å². The van der Waals surface area contributed by atoms with Crippen molar-refractivity contribution in [1.82, 2.24) is 0 Å². The van der Waals surface area contributed by atoms with Crippen LogP contribution < -0.4 is 0 Å². The van der Waals surface area contributed by atoms with Gasteiger partial charge < -0.3 is 8.85 Å². The van der Waals surface area contributed by atoms with Crippen LogP contribution in [0.25, 0.3) is 0 Å². The summed E-state index contributed by atoms with van der Waals surface area (Å²) < 4.78 is 46.3. The van der Waals surface area contributed by atoms with E-state index >= 15 is 0 Å². The van der Waals surface area contributed by atoms with Gasteiger partial charge in [-0.15, -0.1) is 0 Å². The van der Waals surface area contributed by atoms with Gasteiger partial charge in [-0.05, 0) is 75.2 Å². The molecule has 0 saturated heterocycles. The minimum atomic E-state index is -2.56. The minimum absolute atomic E-state index is 0.0189. The number of carbonyl (C=O) groups excluding carboxylic acids is 1. The van der Waals surface area contributed by atoms with Gasteiger partial charge in [-0.2, -0.15) is 0 Å². The van der Waals surface area contributed by atoms with Crippen LogP contribution in [0.15, 0.2) is 0 Å². The Morgan fingerprint density at radius 3 is 1.87 bits per heavy atom. The van der Waals surface area contributed by atoms with Gasteiger partial charge in [0.1, 0.15) is 5.78 Å². The predicted molar refractivity (Wildman–Crippen MR) is 137 cm³/mol. The Balaban J connectivity index is 5.13. The molecule has 0 spiro atoms. The van der Waals surface area contributed by atoms with Gasteiger partial charge in [-0.1, -0.05) is 54.9 Å². The first-order valence-corrected chi connectivity index (χ1v) is 17.6. The maximum atomic E-state index is 12.8. The van der Waals surface area contributed by atoms with E-state index in [4.69, 9.17) is 14.3 Å². The van der Waals surface area contributed by atoms with Gasteiger partial charge in [0, 0.05) is 30.5 Å². The molecule has 0 fully saturated rings. The van der Waals surface area contributed by atoms with Gasteiger partial charge in [0.05, 0.1) is 0 Å². The number of ketones is 1. The van der Waals surface area contributed by atoms with E-state index in [-0.39, 0.29) is 29.0 Å². The van der Waals surface area contributed by atoms with Crippen LogP contribution in [0.3, 0.4) is 0 Å². The van der Waals surface area contributed by atoms with Crippen LogP contribution in [0.5, 0.6) is 0 Å². The molecule has 0 amide bonds. The average Bonchev–Trinajstić information content (AvgIpc) is 2.58. The fraction of sp³-hybridized carbons (Fsp3) is 0.960. The van der Waals surface area contributed by atoms with Gasteiger partial charge in [-0.3, -0.25) is 4.79 Å². The summed E-state index contributed by atoms with van der Waals surface area (Å²) in [7, 11) is -4.04. The number of Topliss-reactive ketones (excluding diaryl/α,β-unsaturated/α-hetero) is 1. The number of carbonyl (C=O) groups is 1. The first-order valence-electron chi connectivity index (χ1n) is 13.8. The Hall–Kier alpha value is 0.0238. The highest BCUT2D eigenvalue weighted by Crippen LogP contribution is 2.39. The second-order valence-electron chi connectivity index (χ2n) is 11.8. The van der Waals surface area contributed by atoms with Gasteiger partial charge in [0.15, 0.2) is 16.6 Å². The summed E-state index contributed by atoms with van der Waals surface area (Å²) in [5.41, 5.74) is 0. The largest absolute Gasteiger partial charge is 0.414 e. The maximum Gasteiger partial charge on any atom is 0.192 e. The van der Waals surface area contributed by atoms with Gasteiger partial charge in [0.25, 0.3) is 0 Å². The summed E-state index contributed by atoms with van der Waals surface area (Å²) >= 11 is 0. The highest BCUT2D eigenvalue weighted by Gasteiger charge is 2.39. The summed E-state index contributed by atoms with van der Waals surface area (Å²) in [6, 6.07) is 0. The molecule has 2 atom stereocenters. The zero-order valence-corrected chi connectivity index (χ0v) is 24.1. The first kappa shape index (κ1) is 23.2. The first-order chi connectivity index (χ1) is 14.9. The molecule has 0 aliphatic heterocycles. The zero-order valence-electron chi connectivity index (χ0n) is 26.1. The maximum absolute atomic E-state index is 12.8. The zero-order chi connectivity index (χ0) is 27.4. The molecule has 5 heteroatoms. The van der Waals surface area contributed by atoms with Gasteiger partial charge in [0.2, 0.25) is 0 Å². The third-order valence-electron chi connectivity index (χ3n) is 6.73. The van der Waals surface area contributed by atoms with Crippen molar-refractivity contribution in [2.45, 2.75) is 155 Å². The van der Waals surface area contributed by atoms with E-state index in [0.717, 1.165) is 12.8 Å². The summed E-state index contributed by atoms with van der Waals surface area (Å²) in [5.74, 6) is -0.667. The van der Waals surface area contributed by atoms with E-state index in [1.165, 1.54) is 0 Å². The molecule has 0 bridgehead atoms. The number of hydrogen-bond acceptors (Lipinski definition) is 3. The number of hydrogen-bond donors (Lipinski definition) is 0. The Labute approximate surface area is 197 Å². The van der Waals surface area contributed by atoms with Crippen molar-refractivity contribution in [2.75, 3.05) is 0 Å². The second kappa shape index (κ2) is 12.3. The highest BCUT2D eigenvalue weighted by molar-refractivity contribution is 6.74. The van der Waals surface area contributed by atoms with Crippen molar-refractivity contribution >= 4 is 22.4 Å². The summed E-state index contributed by atoms with van der Waals surface area (Å²) in [6.07, 6.45) is -2.30. The molecule has 0 aromatic rings. The third-order valence-corrected chi connectivity index (χ3v) is 15.9. The smallest absolute Gasteiger partial charge is 0.192 e. The monoisotopic (exact) mass is 462 g/mol. The lowest BCUT2D eigenvalue weighted by Gasteiger charge is -2.39. The molecule has 180 valence electrons. The summed E-state index contributed by atoms with van der Waals surface area (Å²) in [5, 5.41) is 0.0792. The van der Waals surface area contributed by atoms with Crippen molar-refractivity contribution in [3.8, 4) is 0 Å². The molecular weight excluding hydrogens is 404 g/mol. The third kappa shape index (κ3) is 11.1. The normalized spacial score (nSPS) is 18.8. The molecule has 0 saturated carbocycles. The molecule has 0 aromatic carbocycles. The Morgan fingerprint density at radius 1 is 0.900 bits per heavy atom. The fourth-order valence-corrected chi connectivity index (χ4v) is 5.61. The van der Waals surface area contributed by atoms with Crippen LogP contribution in [-0.2, 0) is 13.6 Å². The van der Waals surface area contributed by atoms with Crippen molar-refractivity contribution in [2.24, 2.45) is 0 Å². The molecule has 0 heterocycles. The van der Waals surface area contributed by atoms with Crippen molar-refractivity contribution < 1.29 is 19.1 Å². The molecule has 0 N–H and O–H groups in total. The fourth-order valence-electron chi connectivity index (χ4n) is 2.75. The van der Waals surface area contributed by atoms with E-state index in [1.807, 2.05) is 0 Å². The lowest BCUT2D eigenvalue weighted by Crippen LogP contribution is -2.44. The van der Waals surface area contributed by atoms with Crippen LogP contribution in [0.1, 0.15) is 112 Å². The molecule has 0 radical (unpaired) electrons. The van der Waals surface area contributed by atoms with Gasteiger partial charge in [-0.25, -0.2) is 0 Å². The van der Waals surface area contributed by atoms with Crippen molar-refractivity contribution in [3.63, 3.8) is 0 Å². The minimum Gasteiger partial charge on any atom is -0.414 e. The number of rotatable bonds is 14. The molecule has 0 aliphatic rings. The molecule has 0 aromatic heterocycles. The predicted octanol–water partition coefficient (Wildman–Crippen LogP) is 8.50. The van der Waals surface area contributed by atoms with Crippen LogP contribution >= 0.6 is 0 Å². The molecular formula is C25H54O3Si2. The molecule has 0 aliphatic carbocycles. The van der Waals surface area contributed by atoms with Crippen LogP contribution in [0, 0.1) is 0 Å². The average molecular weight is 463 g/mol. The van der Waals surface area contributed by atoms with Crippen molar-refractivity contribution in [3.05, 3.63) is 0 Å². The molecule has 3 nitrogen and oxygen atoms in total. The molecule has 30 heavy (non-hydrogen) atoms. The summed E-state index contributed by atoms with van der Waals surface area (Å²) in [4.78, 5) is 12.8. The topological polar surface area (TPSA) is 35.5 Å². The van der Waals surface area contributed by atoms with Crippen LogP contribution in [0.4, 0.5) is 0 Å². The van der Waals surface area contributed by atoms with E-state index < -0.39 is 41.3 Å². The second-order valence-corrected chi connectivity index (χ2v) is 21.3. The van der Waals surface area contributed by atoms with Crippen LogP contribution in [0.2, 0.25) is 36.3 Å². The Morgan fingerprint density at radius 2 is 1.40 bits per heavy atom. The van der Waals surface area contributed by atoms with Gasteiger partial charge >= 0.3 is 0 Å². The quantitative estimate of drug-likeness (QED) is 0.243. The lowest BCUT2D eigenvalue weighted by atomic mass is 10.0. The van der Waals surface area contributed by atoms with Crippen molar-refractivity contribution in [1.29, 1.82) is 0 Å². The van der Waals surface area contributed by atoms with Crippen LogP contribution in [-0.4, -0.2) is 34.6 Å². The van der Waals surface area contributed by atoms with E-state index in [2.05, 4.69) is 74.7 Å². The lowest BCUT2D eigenvalue weighted by molar-refractivity contribution is -0.119. The SMILES string of the molecule is [2H]C([2H])(C[C@H](C)O[Si](C)(C)C(C)(C)C)C([2H])([2H])C(=O)CCC[C@H](CCC)O[Si](C)(C)C(C)(C)C. The Bertz CT molecular complexity index is 654. The van der Waals surface area contributed by atoms with E-state index in [0.29, 0.717) is 12.8 Å². The standard InChI is InChI=1S/C25H54O3Si2/c1-13-16-23(28-30(11,12)25(6,7)8)20-15-19-22(26)18-14-17-21(2)27-29(9,10)24(3,4)5/h21,23H,13-20H2,1-12H3/t21-,23-/m0/s1/i14D2,18D2. The highest BCUT2D eigenvalue weighted by atomic mass is 28.4. The summed E-state index contributed by atoms with van der Waals surface area (Å²) in [6.45, 7) is 25.5. The molecule has 0 unspecified atom stereocenters. The molecule has 0 rings (SSSR count).